The summed E-state index contributed by atoms with van der Waals surface area (Å²) in [5.41, 5.74) is 1.70. The van der Waals surface area contributed by atoms with Gasteiger partial charge in [0.1, 0.15) is 11.6 Å². The van der Waals surface area contributed by atoms with E-state index >= 15 is 0 Å². The first kappa shape index (κ1) is 17.6. The maximum Gasteiger partial charge on any atom is 0.259 e. The number of pyridine rings is 1. The third kappa shape index (κ3) is 4.14. The number of halogens is 1. The standard InChI is InChI=1S/C20H21FN4O2/c1-26-17-3-2-10-25(13-17)19-9-6-15(12-22-19)20-23-18(24-27-20)11-14-4-7-16(21)8-5-14/h4-9,12,17H,2-3,10-11,13H2,1H3/t17-/m0/s1. The van der Waals surface area contributed by atoms with Crippen LogP contribution in [0.4, 0.5) is 10.2 Å². The van der Waals surface area contributed by atoms with Gasteiger partial charge in [-0.3, -0.25) is 0 Å². The van der Waals surface area contributed by atoms with Crippen LogP contribution >= 0.6 is 0 Å². The van der Waals surface area contributed by atoms with Crippen LogP contribution in [0.25, 0.3) is 11.5 Å². The van der Waals surface area contributed by atoms with E-state index in [4.69, 9.17) is 9.26 Å². The fourth-order valence-corrected chi connectivity index (χ4v) is 3.27. The number of nitrogens with zero attached hydrogens (tertiary/aromatic N) is 4. The molecule has 0 unspecified atom stereocenters. The Hall–Kier alpha value is -2.80. The summed E-state index contributed by atoms with van der Waals surface area (Å²) in [6.07, 6.45) is 4.68. The number of rotatable bonds is 5. The molecule has 1 aliphatic heterocycles. The van der Waals surface area contributed by atoms with Crippen molar-refractivity contribution in [3.05, 3.63) is 59.8 Å². The third-order valence-electron chi connectivity index (χ3n) is 4.77. The lowest BCUT2D eigenvalue weighted by molar-refractivity contribution is 0.0891. The van der Waals surface area contributed by atoms with Crippen molar-refractivity contribution >= 4 is 5.82 Å². The smallest absolute Gasteiger partial charge is 0.259 e. The Morgan fingerprint density at radius 2 is 2.07 bits per heavy atom. The lowest BCUT2D eigenvalue weighted by Crippen LogP contribution is -2.39. The van der Waals surface area contributed by atoms with Gasteiger partial charge in [0.15, 0.2) is 5.82 Å². The highest BCUT2D eigenvalue weighted by atomic mass is 19.1. The molecule has 4 rings (SSSR count). The van der Waals surface area contributed by atoms with Crippen molar-refractivity contribution in [2.24, 2.45) is 0 Å². The molecule has 2 aromatic heterocycles. The van der Waals surface area contributed by atoms with Crippen LogP contribution in [0.5, 0.6) is 0 Å². The summed E-state index contributed by atoms with van der Waals surface area (Å²) in [7, 11) is 1.75. The molecule has 0 aliphatic carbocycles. The van der Waals surface area contributed by atoms with Crippen LogP contribution < -0.4 is 4.90 Å². The van der Waals surface area contributed by atoms with E-state index in [0.29, 0.717) is 18.1 Å². The highest BCUT2D eigenvalue weighted by Gasteiger charge is 2.20. The molecular weight excluding hydrogens is 347 g/mol. The van der Waals surface area contributed by atoms with Gasteiger partial charge in [0.25, 0.3) is 5.89 Å². The van der Waals surface area contributed by atoms with Gasteiger partial charge in [-0.2, -0.15) is 4.98 Å². The summed E-state index contributed by atoms with van der Waals surface area (Å²) >= 11 is 0. The largest absolute Gasteiger partial charge is 0.380 e. The summed E-state index contributed by atoms with van der Waals surface area (Å²) in [6, 6.07) is 10.2. The molecule has 3 aromatic rings. The molecule has 1 aromatic carbocycles. The normalized spacial score (nSPS) is 17.3. The van der Waals surface area contributed by atoms with E-state index in [1.54, 1.807) is 25.4 Å². The molecule has 0 bridgehead atoms. The second kappa shape index (κ2) is 7.84. The molecule has 3 heterocycles. The Morgan fingerprint density at radius 3 is 2.81 bits per heavy atom. The van der Waals surface area contributed by atoms with Crippen LogP contribution in [-0.2, 0) is 11.2 Å². The van der Waals surface area contributed by atoms with Gasteiger partial charge in [-0.05, 0) is 42.7 Å². The summed E-state index contributed by atoms with van der Waals surface area (Å²) in [4.78, 5) is 11.2. The molecule has 6 nitrogen and oxygen atoms in total. The number of hydrogen-bond acceptors (Lipinski definition) is 6. The van der Waals surface area contributed by atoms with E-state index < -0.39 is 0 Å². The summed E-state index contributed by atoms with van der Waals surface area (Å²) < 4.78 is 23.8. The van der Waals surface area contributed by atoms with Crippen molar-refractivity contribution < 1.29 is 13.7 Å². The van der Waals surface area contributed by atoms with Crippen LogP contribution in [-0.4, -0.2) is 41.4 Å². The maximum atomic E-state index is 13.0. The topological polar surface area (TPSA) is 64.3 Å². The Labute approximate surface area is 157 Å². The number of ether oxygens (including phenoxy) is 1. The van der Waals surface area contributed by atoms with Crippen LogP contribution in [0.15, 0.2) is 47.1 Å². The average Bonchev–Trinajstić information content (AvgIpc) is 3.18. The Balaban J connectivity index is 1.44. The van der Waals surface area contributed by atoms with Gasteiger partial charge in [-0.15, -0.1) is 0 Å². The van der Waals surface area contributed by atoms with Crippen LogP contribution in [0, 0.1) is 5.82 Å². The van der Waals surface area contributed by atoms with E-state index in [2.05, 4.69) is 20.0 Å². The zero-order valence-electron chi connectivity index (χ0n) is 15.1. The molecular formula is C20H21FN4O2. The minimum absolute atomic E-state index is 0.255. The number of methoxy groups -OCH3 is 1. The Bertz CT molecular complexity index is 880. The second-order valence-electron chi connectivity index (χ2n) is 6.67. The van der Waals surface area contributed by atoms with Gasteiger partial charge < -0.3 is 14.2 Å². The minimum Gasteiger partial charge on any atom is -0.380 e. The monoisotopic (exact) mass is 368 g/mol. The van der Waals surface area contributed by atoms with Crippen molar-refractivity contribution in [1.82, 2.24) is 15.1 Å². The number of anilines is 1. The van der Waals surface area contributed by atoms with Crippen LogP contribution in [0.3, 0.4) is 0 Å². The first-order chi connectivity index (χ1) is 13.2. The zero-order valence-corrected chi connectivity index (χ0v) is 15.1. The maximum absolute atomic E-state index is 13.0. The fourth-order valence-electron chi connectivity index (χ4n) is 3.27. The van der Waals surface area contributed by atoms with E-state index in [-0.39, 0.29) is 11.9 Å². The molecule has 140 valence electrons. The molecule has 0 N–H and O–H groups in total. The van der Waals surface area contributed by atoms with Gasteiger partial charge >= 0.3 is 0 Å². The molecule has 1 atom stereocenters. The summed E-state index contributed by atoms with van der Waals surface area (Å²) in [5.74, 6) is 1.65. The van der Waals surface area contributed by atoms with Crippen molar-refractivity contribution in [2.75, 3.05) is 25.1 Å². The quantitative estimate of drug-likeness (QED) is 0.687. The molecule has 27 heavy (non-hydrogen) atoms. The molecule has 1 saturated heterocycles. The molecule has 7 heteroatoms. The lowest BCUT2D eigenvalue weighted by atomic mass is 10.1. The first-order valence-electron chi connectivity index (χ1n) is 9.02. The predicted molar refractivity (Wildman–Crippen MR) is 99.0 cm³/mol. The summed E-state index contributed by atoms with van der Waals surface area (Å²) in [5, 5.41) is 4.01. The average molecular weight is 368 g/mol. The highest BCUT2D eigenvalue weighted by molar-refractivity contribution is 5.55. The van der Waals surface area contributed by atoms with Gasteiger partial charge in [-0.25, -0.2) is 9.37 Å². The lowest BCUT2D eigenvalue weighted by Gasteiger charge is -2.32. The second-order valence-corrected chi connectivity index (χ2v) is 6.67. The summed E-state index contributed by atoms with van der Waals surface area (Å²) in [6.45, 7) is 1.83. The first-order valence-corrected chi connectivity index (χ1v) is 9.02. The Morgan fingerprint density at radius 1 is 1.22 bits per heavy atom. The molecule has 1 fully saturated rings. The number of benzene rings is 1. The molecule has 0 radical (unpaired) electrons. The van der Waals surface area contributed by atoms with Crippen molar-refractivity contribution in [3.8, 4) is 11.5 Å². The van der Waals surface area contributed by atoms with Gasteiger partial charge in [0.05, 0.1) is 11.7 Å². The zero-order chi connectivity index (χ0) is 18.6. The van der Waals surface area contributed by atoms with Crippen LogP contribution in [0.1, 0.15) is 24.2 Å². The molecule has 0 spiro atoms. The van der Waals surface area contributed by atoms with Crippen molar-refractivity contribution in [1.29, 1.82) is 0 Å². The number of hydrogen-bond donors (Lipinski definition) is 0. The van der Waals surface area contributed by atoms with Gasteiger partial charge in [0.2, 0.25) is 0 Å². The van der Waals surface area contributed by atoms with Gasteiger partial charge in [-0.1, -0.05) is 17.3 Å². The number of piperidine rings is 1. The third-order valence-corrected chi connectivity index (χ3v) is 4.77. The molecule has 0 amide bonds. The minimum atomic E-state index is -0.260. The highest BCUT2D eigenvalue weighted by Crippen LogP contribution is 2.23. The predicted octanol–water partition coefficient (Wildman–Crippen LogP) is 3.48. The van der Waals surface area contributed by atoms with Crippen molar-refractivity contribution in [2.45, 2.75) is 25.4 Å². The van der Waals surface area contributed by atoms with Crippen molar-refractivity contribution in [3.63, 3.8) is 0 Å². The van der Waals surface area contributed by atoms with E-state index in [1.165, 1.54) is 12.1 Å². The van der Waals surface area contributed by atoms with E-state index in [0.717, 1.165) is 42.9 Å². The molecule has 0 saturated carbocycles. The van der Waals surface area contributed by atoms with E-state index in [9.17, 15) is 4.39 Å². The SMILES string of the molecule is CO[C@H]1CCCN(c2ccc(-c3nc(Cc4ccc(F)cc4)no3)cn2)C1. The van der Waals surface area contributed by atoms with E-state index in [1.807, 2.05) is 12.1 Å². The number of aromatic nitrogens is 3. The fraction of sp³-hybridized carbons (Fsp3) is 0.350. The molecule has 1 aliphatic rings. The van der Waals surface area contributed by atoms with Crippen LogP contribution in [0.2, 0.25) is 0 Å². The van der Waals surface area contributed by atoms with Gasteiger partial charge in [0, 0.05) is 32.8 Å². The Kier molecular flexibility index (Phi) is 5.11.